The van der Waals surface area contributed by atoms with Crippen molar-refractivity contribution in [2.45, 2.75) is 6.42 Å². The van der Waals surface area contributed by atoms with Crippen LogP contribution < -0.4 is 0 Å². The Hall–Kier alpha value is -2.16. The van der Waals surface area contributed by atoms with Gasteiger partial charge in [-0.05, 0) is 12.1 Å². The number of hydrogen-bond donors (Lipinski definition) is 0. The number of esters is 1. The van der Waals surface area contributed by atoms with E-state index in [-0.39, 0.29) is 12.4 Å². The van der Waals surface area contributed by atoms with Gasteiger partial charge in [0.05, 0.1) is 23.9 Å². The summed E-state index contributed by atoms with van der Waals surface area (Å²) >= 11 is 0. The number of nitrogens with zero attached hydrogens (tertiary/aromatic N) is 1. The Kier molecular flexibility index (Phi) is 2.96. The summed E-state index contributed by atoms with van der Waals surface area (Å²) in [5.74, 6) is -0.349. The largest absolute Gasteiger partial charge is 0.435 e. The first-order chi connectivity index (χ1) is 7.79. The summed E-state index contributed by atoms with van der Waals surface area (Å²) in [5.41, 5.74) is 1.58. The minimum Gasteiger partial charge on any atom is -0.435 e. The van der Waals surface area contributed by atoms with Crippen molar-refractivity contribution in [2.24, 2.45) is 0 Å². The molecule has 0 aliphatic rings. The predicted octanol–water partition coefficient (Wildman–Crippen LogP) is 2.46. The van der Waals surface area contributed by atoms with E-state index >= 15 is 0 Å². The summed E-state index contributed by atoms with van der Waals surface area (Å²) in [4.78, 5) is 15.6. The van der Waals surface area contributed by atoms with Gasteiger partial charge in [0.1, 0.15) is 0 Å². The molecule has 0 atom stereocenters. The molecule has 1 aromatic carbocycles. The number of carbonyl (C=O) groups excluding carboxylic acids is 1. The van der Waals surface area contributed by atoms with Gasteiger partial charge in [0, 0.05) is 5.39 Å². The highest BCUT2D eigenvalue weighted by Gasteiger charge is 2.05. The summed E-state index contributed by atoms with van der Waals surface area (Å²) in [6, 6.07) is 11.5. The zero-order valence-electron chi connectivity index (χ0n) is 8.72. The molecule has 80 valence electrons. The summed E-state index contributed by atoms with van der Waals surface area (Å²) in [6.45, 7) is 3.33. The zero-order chi connectivity index (χ0) is 11.4. The third kappa shape index (κ3) is 2.25. The number of aromatic nitrogens is 1. The topological polar surface area (TPSA) is 39.2 Å². The van der Waals surface area contributed by atoms with E-state index in [2.05, 4.69) is 16.3 Å². The maximum Gasteiger partial charge on any atom is 0.316 e. The molecule has 2 rings (SSSR count). The van der Waals surface area contributed by atoms with E-state index < -0.39 is 0 Å². The molecule has 0 amide bonds. The van der Waals surface area contributed by atoms with Crippen LogP contribution in [0.25, 0.3) is 10.9 Å². The van der Waals surface area contributed by atoms with E-state index in [1.807, 2.05) is 36.4 Å². The number of rotatable bonds is 3. The Morgan fingerprint density at radius 3 is 2.94 bits per heavy atom. The molecular formula is C13H11NO2. The molecule has 0 saturated carbocycles. The van der Waals surface area contributed by atoms with Crippen molar-refractivity contribution in [3.05, 3.63) is 54.9 Å². The van der Waals surface area contributed by atoms with Crippen molar-refractivity contribution in [3.63, 3.8) is 0 Å². The van der Waals surface area contributed by atoms with Crippen molar-refractivity contribution in [1.82, 2.24) is 4.98 Å². The number of fused-ring (bicyclic) bond motifs is 1. The summed E-state index contributed by atoms with van der Waals surface area (Å²) < 4.78 is 4.64. The molecule has 0 radical (unpaired) electrons. The quantitative estimate of drug-likeness (QED) is 0.580. The molecule has 0 fully saturated rings. The van der Waals surface area contributed by atoms with Crippen LogP contribution in [-0.4, -0.2) is 11.0 Å². The van der Waals surface area contributed by atoms with Crippen molar-refractivity contribution in [3.8, 4) is 0 Å². The van der Waals surface area contributed by atoms with Crippen molar-refractivity contribution in [2.75, 3.05) is 0 Å². The van der Waals surface area contributed by atoms with Gasteiger partial charge in [-0.2, -0.15) is 0 Å². The first-order valence-electron chi connectivity index (χ1n) is 4.94. The Balaban J connectivity index is 2.25. The molecule has 16 heavy (non-hydrogen) atoms. The smallest absolute Gasteiger partial charge is 0.316 e. The van der Waals surface area contributed by atoms with E-state index in [1.165, 1.54) is 0 Å². The monoisotopic (exact) mass is 213 g/mol. The predicted molar refractivity (Wildman–Crippen MR) is 61.7 cm³/mol. The fourth-order valence-electron chi connectivity index (χ4n) is 1.49. The maximum atomic E-state index is 11.2. The van der Waals surface area contributed by atoms with Crippen molar-refractivity contribution < 1.29 is 9.53 Å². The molecule has 0 unspecified atom stereocenters. The number of hydrogen-bond acceptors (Lipinski definition) is 3. The molecule has 0 bridgehead atoms. The summed E-state index contributed by atoms with van der Waals surface area (Å²) in [5, 5.41) is 1.06. The van der Waals surface area contributed by atoms with Crippen LogP contribution in [0.15, 0.2) is 49.2 Å². The Bertz CT molecular complexity index is 534. The SMILES string of the molecule is C=COC(=O)Cc1ccc2ccccc2n1. The molecule has 0 aliphatic heterocycles. The normalized spacial score (nSPS) is 10.0. The number of benzene rings is 1. The van der Waals surface area contributed by atoms with Crippen molar-refractivity contribution in [1.29, 1.82) is 0 Å². The van der Waals surface area contributed by atoms with Crippen LogP contribution in [0.1, 0.15) is 5.69 Å². The van der Waals surface area contributed by atoms with Gasteiger partial charge >= 0.3 is 5.97 Å². The molecule has 0 N–H and O–H groups in total. The third-order valence-corrected chi connectivity index (χ3v) is 2.20. The first-order valence-corrected chi connectivity index (χ1v) is 4.94. The highest BCUT2D eigenvalue weighted by Crippen LogP contribution is 2.12. The van der Waals surface area contributed by atoms with Gasteiger partial charge in [0.25, 0.3) is 0 Å². The lowest BCUT2D eigenvalue weighted by molar-refractivity contribution is -0.137. The molecule has 0 aliphatic carbocycles. The Morgan fingerprint density at radius 2 is 2.12 bits per heavy atom. The van der Waals surface area contributed by atoms with Gasteiger partial charge in [-0.3, -0.25) is 9.78 Å². The van der Waals surface area contributed by atoms with Crippen LogP contribution >= 0.6 is 0 Å². The molecule has 3 nitrogen and oxygen atoms in total. The Labute approximate surface area is 93.4 Å². The van der Waals surface area contributed by atoms with Gasteiger partial charge in [-0.1, -0.05) is 30.8 Å². The van der Waals surface area contributed by atoms with Gasteiger partial charge < -0.3 is 4.74 Å². The standard InChI is InChI=1S/C13H11NO2/c1-2-16-13(15)9-11-8-7-10-5-3-4-6-12(10)14-11/h2-8H,1,9H2. The molecule has 0 spiro atoms. The van der Waals surface area contributed by atoms with Crippen LogP contribution in [0.5, 0.6) is 0 Å². The van der Waals surface area contributed by atoms with Crippen LogP contribution in [0.3, 0.4) is 0 Å². The molecule has 1 aromatic heterocycles. The zero-order valence-corrected chi connectivity index (χ0v) is 8.72. The lowest BCUT2D eigenvalue weighted by Crippen LogP contribution is -2.05. The second kappa shape index (κ2) is 4.57. The first kappa shape index (κ1) is 10.4. The maximum absolute atomic E-state index is 11.2. The molecule has 1 heterocycles. The fraction of sp³-hybridized carbons (Fsp3) is 0.0769. The van der Waals surface area contributed by atoms with E-state index in [0.717, 1.165) is 17.2 Å². The third-order valence-electron chi connectivity index (χ3n) is 2.20. The number of para-hydroxylation sites is 1. The highest BCUT2D eigenvalue weighted by molar-refractivity contribution is 5.79. The number of ether oxygens (including phenoxy) is 1. The van der Waals surface area contributed by atoms with Gasteiger partial charge in [0.2, 0.25) is 0 Å². The van der Waals surface area contributed by atoms with E-state index in [9.17, 15) is 4.79 Å². The van der Waals surface area contributed by atoms with Crippen LogP contribution in [-0.2, 0) is 16.0 Å². The average molecular weight is 213 g/mol. The minimum atomic E-state index is -0.349. The Morgan fingerprint density at radius 1 is 1.31 bits per heavy atom. The van der Waals surface area contributed by atoms with Crippen molar-refractivity contribution >= 4 is 16.9 Å². The lowest BCUT2D eigenvalue weighted by Gasteiger charge is -2.01. The van der Waals surface area contributed by atoms with Crippen LogP contribution in [0.4, 0.5) is 0 Å². The fourth-order valence-corrected chi connectivity index (χ4v) is 1.49. The molecular weight excluding hydrogens is 202 g/mol. The van der Waals surface area contributed by atoms with Gasteiger partial charge in [0.15, 0.2) is 0 Å². The molecule has 2 aromatic rings. The second-order valence-corrected chi connectivity index (χ2v) is 3.33. The van der Waals surface area contributed by atoms with E-state index in [0.29, 0.717) is 5.69 Å². The minimum absolute atomic E-state index is 0.164. The van der Waals surface area contributed by atoms with E-state index in [1.54, 1.807) is 0 Å². The molecule has 3 heteroatoms. The van der Waals surface area contributed by atoms with Gasteiger partial charge in [-0.25, -0.2) is 0 Å². The summed E-state index contributed by atoms with van der Waals surface area (Å²) in [7, 11) is 0. The molecule has 0 saturated heterocycles. The average Bonchev–Trinajstić information content (AvgIpc) is 2.29. The number of pyridine rings is 1. The lowest BCUT2D eigenvalue weighted by atomic mass is 10.2. The second-order valence-electron chi connectivity index (χ2n) is 3.33. The van der Waals surface area contributed by atoms with Crippen LogP contribution in [0, 0.1) is 0 Å². The van der Waals surface area contributed by atoms with Gasteiger partial charge in [-0.15, -0.1) is 0 Å². The number of carbonyl (C=O) groups is 1. The van der Waals surface area contributed by atoms with Crippen LogP contribution in [0.2, 0.25) is 0 Å². The summed E-state index contributed by atoms with van der Waals surface area (Å²) in [6.07, 6.45) is 1.29. The van der Waals surface area contributed by atoms with E-state index in [4.69, 9.17) is 0 Å². The highest BCUT2D eigenvalue weighted by atomic mass is 16.5.